The molecule has 0 bridgehead atoms. The molecule has 0 radical (unpaired) electrons. The van der Waals surface area contributed by atoms with Crippen LogP contribution < -0.4 is 4.74 Å². The second-order valence-corrected chi connectivity index (χ2v) is 7.24. The number of hydrogen-bond acceptors (Lipinski definition) is 4. The van der Waals surface area contributed by atoms with Gasteiger partial charge in [-0.1, -0.05) is 67.9 Å². The summed E-state index contributed by atoms with van der Waals surface area (Å²) in [4.78, 5) is 22.6. The largest absolute Gasteiger partial charge is 0.423 e. The molecule has 6 heteroatoms. The lowest BCUT2D eigenvalue weighted by molar-refractivity contribution is -0.384. The third kappa shape index (κ3) is 4.05. The molecule has 5 nitrogen and oxygen atoms in total. The van der Waals surface area contributed by atoms with Crippen molar-refractivity contribution in [2.75, 3.05) is 0 Å². The minimum Gasteiger partial charge on any atom is -0.423 e. The number of nitro groups is 1. The Morgan fingerprint density at radius 2 is 1.57 bits per heavy atom. The molecular formula is C22H18ClNO4. The summed E-state index contributed by atoms with van der Waals surface area (Å²) in [6.45, 7) is 4.24. The van der Waals surface area contributed by atoms with Gasteiger partial charge < -0.3 is 4.74 Å². The maximum atomic E-state index is 12.3. The fraction of sp³-hybridized carbons (Fsp3) is 0.136. The lowest BCUT2D eigenvalue weighted by Gasteiger charge is -2.26. The predicted octanol–water partition coefficient (Wildman–Crippen LogP) is 5.79. The van der Waals surface area contributed by atoms with Crippen LogP contribution in [0.3, 0.4) is 0 Å². The van der Waals surface area contributed by atoms with Gasteiger partial charge in [0.1, 0.15) is 10.8 Å². The Bertz CT molecular complexity index is 1010. The first-order valence-electron chi connectivity index (χ1n) is 8.61. The number of benzene rings is 3. The smallest absolute Gasteiger partial charge is 0.343 e. The van der Waals surface area contributed by atoms with E-state index in [0.29, 0.717) is 5.75 Å². The maximum absolute atomic E-state index is 12.3. The first kappa shape index (κ1) is 19.6. The summed E-state index contributed by atoms with van der Waals surface area (Å²) in [5.74, 6) is -0.329. The van der Waals surface area contributed by atoms with Gasteiger partial charge in [0.05, 0.1) is 10.5 Å². The van der Waals surface area contributed by atoms with Gasteiger partial charge in [-0.25, -0.2) is 4.79 Å². The SMILES string of the molecule is CC(C)(c1ccccc1)c1ccc(OC(=O)c2ccc(Cl)c([N+](=O)[O-])c2)cc1. The summed E-state index contributed by atoms with van der Waals surface area (Å²) >= 11 is 5.77. The zero-order valence-corrected chi connectivity index (χ0v) is 16.1. The molecule has 3 aromatic carbocycles. The van der Waals surface area contributed by atoms with Crippen LogP contribution in [0, 0.1) is 10.1 Å². The molecule has 142 valence electrons. The van der Waals surface area contributed by atoms with E-state index >= 15 is 0 Å². The monoisotopic (exact) mass is 395 g/mol. The highest BCUT2D eigenvalue weighted by Gasteiger charge is 2.23. The van der Waals surface area contributed by atoms with E-state index in [1.165, 1.54) is 17.7 Å². The molecule has 0 aliphatic heterocycles. The van der Waals surface area contributed by atoms with E-state index in [4.69, 9.17) is 16.3 Å². The van der Waals surface area contributed by atoms with Crippen molar-refractivity contribution in [3.05, 3.63) is 105 Å². The Morgan fingerprint density at radius 3 is 2.18 bits per heavy atom. The van der Waals surface area contributed by atoms with Crippen LogP contribution in [0.5, 0.6) is 5.75 Å². The van der Waals surface area contributed by atoms with Gasteiger partial charge in [-0.3, -0.25) is 10.1 Å². The Hall–Kier alpha value is -3.18. The van der Waals surface area contributed by atoms with Crippen molar-refractivity contribution in [1.29, 1.82) is 0 Å². The van der Waals surface area contributed by atoms with E-state index in [-0.39, 0.29) is 21.7 Å². The highest BCUT2D eigenvalue weighted by molar-refractivity contribution is 6.32. The predicted molar refractivity (Wildman–Crippen MR) is 108 cm³/mol. The van der Waals surface area contributed by atoms with Gasteiger partial charge in [0.2, 0.25) is 0 Å². The summed E-state index contributed by atoms with van der Waals surface area (Å²) in [7, 11) is 0. The molecule has 0 amide bonds. The molecule has 3 rings (SSSR count). The molecule has 3 aromatic rings. The van der Waals surface area contributed by atoms with Crippen molar-refractivity contribution in [2.24, 2.45) is 0 Å². The molecule has 0 heterocycles. The third-order valence-electron chi connectivity index (χ3n) is 4.66. The van der Waals surface area contributed by atoms with Crippen LogP contribution in [0.4, 0.5) is 5.69 Å². The molecule has 0 N–H and O–H groups in total. The van der Waals surface area contributed by atoms with Gasteiger partial charge in [-0.15, -0.1) is 0 Å². The fourth-order valence-corrected chi connectivity index (χ4v) is 3.09. The molecule has 0 aliphatic carbocycles. The Balaban J connectivity index is 1.79. The van der Waals surface area contributed by atoms with Crippen LogP contribution in [-0.4, -0.2) is 10.9 Å². The van der Waals surface area contributed by atoms with Gasteiger partial charge in [-0.2, -0.15) is 0 Å². The molecule has 0 saturated heterocycles. The van der Waals surface area contributed by atoms with Crippen LogP contribution in [0.25, 0.3) is 0 Å². The molecule has 0 atom stereocenters. The highest BCUT2D eigenvalue weighted by atomic mass is 35.5. The lowest BCUT2D eigenvalue weighted by atomic mass is 9.78. The van der Waals surface area contributed by atoms with Crippen LogP contribution in [0.15, 0.2) is 72.8 Å². The Kier molecular flexibility index (Phi) is 5.47. The minimum absolute atomic E-state index is 0.0333. The third-order valence-corrected chi connectivity index (χ3v) is 4.98. The van der Waals surface area contributed by atoms with E-state index in [9.17, 15) is 14.9 Å². The van der Waals surface area contributed by atoms with Gasteiger partial charge in [0.25, 0.3) is 5.69 Å². The van der Waals surface area contributed by atoms with Crippen LogP contribution in [0.1, 0.15) is 35.3 Å². The van der Waals surface area contributed by atoms with Crippen molar-refractivity contribution in [1.82, 2.24) is 0 Å². The average Bonchev–Trinajstić information content (AvgIpc) is 2.69. The van der Waals surface area contributed by atoms with E-state index in [2.05, 4.69) is 26.0 Å². The average molecular weight is 396 g/mol. The van der Waals surface area contributed by atoms with Crippen molar-refractivity contribution < 1.29 is 14.5 Å². The standard InChI is InChI=1S/C22H18ClNO4/c1-22(2,16-6-4-3-5-7-16)17-9-11-18(12-10-17)28-21(25)15-8-13-19(23)20(14-15)24(26)27/h3-14H,1-2H3. The van der Waals surface area contributed by atoms with E-state index in [0.717, 1.165) is 11.6 Å². The van der Waals surface area contributed by atoms with Crippen LogP contribution in [0.2, 0.25) is 5.02 Å². The zero-order valence-electron chi connectivity index (χ0n) is 15.4. The van der Waals surface area contributed by atoms with Crippen molar-refractivity contribution >= 4 is 23.3 Å². The zero-order chi connectivity index (χ0) is 20.3. The second-order valence-electron chi connectivity index (χ2n) is 6.83. The number of carbonyl (C=O) groups excluding carboxylic acids is 1. The van der Waals surface area contributed by atoms with E-state index in [1.54, 1.807) is 12.1 Å². The topological polar surface area (TPSA) is 69.4 Å². The first-order chi connectivity index (χ1) is 13.3. The summed E-state index contributed by atoms with van der Waals surface area (Å²) in [5, 5.41) is 10.9. The number of hydrogen-bond donors (Lipinski definition) is 0. The minimum atomic E-state index is -0.685. The van der Waals surface area contributed by atoms with Gasteiger partial charge in [0.15, 0.2) is 0 Å². The fourth-order valence-electron chi connectivity index (χ4n) is 2.91. The summed E-state index contributed by atoms with van der Waals surface area (Å²) in [6.07, 6.45) is 0. The van der Waals surface area contributed by atoms with Crippen LogP contribution >= 0.6 is 11.6 Å². The number of nitro benzene ring substituents is 1. The van der Waals surface area contributed by atoms with Gasteiger partial charge >= 0.3 is 5.97 Å². The molecule has 0 saturated carbocycles. The summed E-state index contributed by atoms with van der Waals surface area (Å²) in [6, 6.07) is 21.2. The molecule has 0 fully saturated rings. The number of halogens is 1. The van der Waals surface area contributed by atoms with Crippen LogP contribution in [-0.2, 0) is 5.41 Å². The second kappa shape index (κ2) is 7.82. The number of nitrogens with zero attached hydrogens (tertiary/aromatic N) is 1. The molecule has 0 aromatic heterocycles. The van der Waals surface area contributed by atoms with Gasteiger partial charge in [0, 0.05) is 11.5 Å². The number of esters is 1. The number of carbonyl (C=O) groups is 1. The van der Waals surface area contributed by atoms with E-state index in [1.807, 2.05) is 30.3 Å². The lowest BCUT2D eigenvalue weighted by Crippen LogP contribution is -2.18. The normalized spacial score (nSPS) is 11.1. The van der Waals surface area contributed by atoms with Crippen molar-refractivity contribution in [2.45, 2.75) is 19.3 Å². The molecule has 28 heavy (non-hydrogen) atoms. The molecule has 0 unspecified atom stereocenters. The molecule has 0 spiro atoms. The van der Waals surface area contributed by atoms with E-state index < -0.39 is 10.9 Å². The number of rotatable bonds is 5. The molecular weight excluding hydrogens is 378 g/mol. The quantitative estimate of drug-likeness (QED) is 0.237. The van der Waals surface area contributed by atoms with Gasteiger partial charge in [-0.05, 0) is 35.4 Å². The highest BCUT2D eigenvalue weighted by Crippen LogP contribution is 2.32. The summed E-state index contributed by atoms with van der Waals surface area (Å²) < 4.78 is 5.34. The maximum Gasteiger partial charge on any atom is 0.343 e. The van der Waals surface area contributed by atoms with Crippen molar-refractivity contribution in [3.63, 3.8) is 0 Å². The number of ether oxygens (including phenoxy) is 1. The molecule has 0 aliphatic rings. The Labute approximate surface area is 167 Å². The first-order valence-corrected chi connectivity index (χ1v) is 8.99. The summed E-state index contributed by atoms with van der Waals surface area (Å²) in [5.41, 5.74) is 1.76. The Morgan fingerprint density at radius 1 is 0.964 bits per heavy atom. The van der Waals surface area contributed by atoms with Crippen molar-refractivity contribution in [3.8, 4) is 5.75 Å².